The van der Waals surface area contributed by atoms with Gasteiger partial charge in [-0.15, -0.1) is 0 Å². The minimum atomic E-state index is -0.572. The summed E-state index contributed by atoms with van der Waals surface area (Å²) >= 11 is 0. The minimum absolute atomic E-state index is 0.0497. The zero-order chi connectivity index (χ0) is 19.3. The Morgan fingerprint density at radius 1 is 1.19 bits per heavy atom. The second kappa shape index (κ2) is 8.43. The number of ether oxygens (including phenoxy) is 2. The van der Waals surface area contributed by atoms with Gasteiger partial charge in [0.2, 0.25) is 5.91 Å². The molecule has 144 valence electrons. The summed E-state index contributed by atoms with van der Waals surface area (Å²) < 4.78 is 10.6. The van der Waals surface area contributed by atoms with Gasteiger partial charge in [-0.3, -0.25) is 9.69 Å². The van der Waals surface area contributed by atoms with Gasteiger partial charge in [0, 0.05) is 20.1 Å². The molecule has 1 aromatic carbocycles. The molecule has 0 spiro atoms. The fraction of sp³-hybridized carbons (Fsp3) is 0.600. The number of carbonyl (C=O) groups excluding carboxylic acids is 2. The predicted molar refractivity (Wildman–Crippen MR) is 100 cm³/mol. The van der Waals surface area contributed by atoms with Crippen LogP contribution in [0.25, 0.3) is 0 Å². The summed E-state index contributed by atoms with van der Waals surface area (Å²) in [5, 5.41) is 0. The maximum Gasteiger partial charge on any atom is 0.410 e. The number of amides is 2. The lowest BCUT2D eigenvalue weighted by Crippen LogP contribution is -2.53. The highest BCUT2D eigenvalue weighted by Crippen LogP contribution is 2.22. The van der Waals surface area contributed by atoms with Crippen molar-refractivity contribution in [3.05, 3.63) is 29.8 Å². The van der Waals surface area contributed by atoms with E-state index >= 15 is 0 Å². The second-order valence-corrected chi connectivity index (χ2v) is 7.73. The molecule has 0 aromatic heterocycles. The minimum Gasteiger partial charge on any atom is -0.497 e. The van der Waals surface area contributed by atoms with Gasteiger partial charge in [-0.2, -0.15) is 0 Å². The zero-order valence-corrected chi connectivity index (χ0v) is 16.4. The van der Waals surface area contributed by atoms with E-state index in [0.717, 1.165) is 24.2 Å². The molecular weight excluding hydrogens is 332 g/mol. The van der Waals surface area contributed by atoms with Crippen LogP contribution < -0.4 is 4.74 Å². The van der Waals surface area contributed by atoms with E-state index in [1.165, 1.54) is 0 Å². The van der Waals surface area contributed by atoms with Gasteiger partial charge < -0.3 is 14.4 Å². The van der Waals surface area contributed by atoms with Crippen LogP contribution in [0.1, 0.15) is 45.6 Å². The van der Waals surface area contributed by atoms with Gasteiger partial charge in [-0.1, -0.05) is 12.1 Å². The van der Waals surface area contributed by atoms with Crippen molar-refractivity contribution < 1.29 is 19.1 Å². The lowest BCUT2D eigenvalue weighted by molar-refractivity contribution is -0.137. The molecular formula is C20H30N2O4. The maximum atomic E-state index is 13.0. The molecule has 0 N–H and O–H groups in total. The third-order valence-electron chi connectivity index (χ3n) is 4.37. The van der Waals surface area contributed by atoms with Crippen molar-refractivity contribution in [2.24, 2.45) is 0 Å². The summed E-state index contributed by atoms with van der Waals surface area (Å²) in [6.07, 6.45) is 2.09. The van der Waals surface area contributed by atoms with Crippen molar-refractivity contribution in [3.63, 3.8) is 0 Å². The number of benzene rings is 1. The van der Waals surface area contributed by atoms with E-state index in [4.69, 9.17) is 9.47 Å². The van der Waals surface area contributed by atoms with E-state index in [1.54, 1.807) is 24.0 Å². The van der Waals surface area contributed by atoms with Crippen LogP contribution in [0, 0.1) is 0 Å². The van der Waals surface area contributed by atoms with Crippen molar-refractivity contribution in [2.75, 3.05) is 20.7 Å². The lowest BCUT2D eigenvalue weighted by Gasteiger charge is -2.37. The number of hydrogen-bond donors (Lipinski definition) is 0. The summed E-state index contributed by atoms with van der Waals surface area (Å²) in [6.45, 7) is 6.55. The van der Waals surface area contributed by atoms with Gasteiger partial charge in [0.15, 0.2) is 0 Å². The highest BCUT2D eigenvalue weighted by Gasteiger charge is 2.36. The molecule has 2 amide bonds. The van der Waals surface area contributed by atoms with Crippen molar-refractivity contribution in [1.29, 1.82) is 0 Å². The summed E-state index contributed by atoms with van der Waals surface area (Å²) in [5.41, 5.74) is 0.443. The van der Waals surface area contributed by atoms with Crippen LogP contribution in [0.5, 0.6) is 5.75 Å². The Bertz CT molecular complexity index is 622. The summed E-state index contributed by atoms with van der Waals surface area (Å²) in [4.78, 5) is 28.7. The number of hydrogen-bond acceptors (Lipinski definition) is 4. The molecule has 1 fully saturated rings. The topological polar surface area (TPSA) is 59.1 Å². The normalized spacial score (nSPS) is 17.6. The Hall–Kier alpha value is -2.24. The quantitative estimate of drug-likeness (QED) is 0.823. The van der Waals surface area contributed by atoms with E-state index in [0.29, 0.717) is 19.5 Å². The fourth-order valence-corrected chi connectivity index (χ4v) is 3.06. The standard InChI is InChI=1S/C20H30N2O4/c1-20(2,3)26-19(24)22-13-7-6-8-17(22)18(23)21(4)14-15-9-11-16(25-5)12-10-15/h9-12,17H,6-8,13-14H2,1-5H3/t17-/m1/s1. The molecule has 1 aliphatic rings. The number of rotatable bonds is 4. The second-order valence-electron chi connectivity index (χ2n) is 7.73. The molecule has 26 heavy (non-hydrogen) atoms. The fourth-order valence-electron chi connectivity index (χ4n) is 3.06. The van der Waals surface area contributed by atoms with E-state index in [2.05, 4.69) is 0 Å². The van der Waals surface area contributed by atoms with Crippen molar-refractivity contribution >= 4 is 12.0 Å². The molecule has 0 bridgehead atoms. The molecule has 1 aromatic rings. The van der Waals surface area contributed by atoms with Crippen LogP contribution in [-0.4, -0.2) is 54.1 Å². The monoisotopic (exact) mass is 362 g/mol. The zero-order valence-electron chi connectivity index (χ0n) is 16.4. The van der Waals surface area contributed by atoms with Gasteiger partial charge >= 0.3 is 6.09 Å². The van der Waals surface area contributed by atoms with E-state index in [1.807, 2.05) is 45.0 Å². The number of methoxy groups -OCH3 is 1. The Morgan fingerprint density at radius 2 is 1.85 bits per heavy atom. The summed E-state index contributed by atoms with van der Waals surface area (Å²) in [5.74, 6) is 0.734. The predicted octanol–water partition coefficient (Wildman–Crippen LogP) is 3.44. The summed E-state index contributed by atoms with van der Waals surface area (Å²) in [6, 6.07) is 7.18. The molecule has 1 atom stereocenters. The van der Waals surface area contributed by atoms with Crippen LogP contribution in [0.2, 0.25) is 0 Å². The third kappa shape index (κ3) is 5.38. The number of likely N-dealkylation sites (tertiary alicyclic amines) is 1. The number of carbonyl (C=O) groups is 2. The van der Waals surface area contributed by atoms with Crippen LogP contribution in [0.15, 0.2) is 24.3 Å². The van der Waals surface area contributed by atoms with E-state index in [9.17, 15) is 9.59 Å². The molecule has 6 nitrogen and oxygen atoms in total. The molecule has 0 aliphatic carbocycles. The van der Waals surface area contributed by atoms with E-state index < -0.39 is 17.7 Å². The Labute approximate surface area is 156 Å². The molecule has 1 saturated heterocycles. The Kier molecular flexibility index (Phi) is 6.51. The third-order valence-corrected chi connectivity index (χ3v) is 4.37. The Balaban J connectivity index is 2.04. The Morgan fingerprint density at radius 3 is 2.42 bits per heavy atom. The molecule has 1 heterocycles. The van der Waals surface area contributed by atoms with Crippen LogP contribution in [0.3, 0.4) is 0 Å². The lowest BCUT2D eigenvalue weighted by atomic mass is 10.0. The number of nitrogens with zero attached hydrogens (tertiary/aromatic N) is 2. The van der Waals surface area contributed by atoms with Gasteiger partial charge in [0.1, 0.15) is 17.4 Å². The van der Waals surface area contributed by atoms with Gasteiger partial charge in [0.25, 0.3) is 0 Å². The summed E-state index contributed by atoms with van der Waals surface area (Å²) in [7, 11) is 3.40. The van der Waals surface area contributed by atoms with Gasteiger partial charge in [-0.25, -0.2) is 4.79 Å². The molecule has 1 aliphatic heterocycles. The van der Waals surface area contributed by atoms with Crippen LogP contribution in [-0.2, 0) is 16.1 Å². The first-order chi connectivity index (χ1) is 12.2. The highest BCUT2D eigenvalue weighted by molar-refractivity contribution is 5.85. The molecule has 6 heteroatoms. The SMILES string of the molecule is COc1ccc(CN(C)C(=O)[C@H]2CCCCN2C(=O)OC(C)(C)C)cc1. The number of likely N-dealkylation sites (N-methyl/N-ethyl adjacent to an activating group) is 1. The van der Waals surface area contributed by atoms with Gasteiger partial charge in [0.05, 0.1) is 7.11 Å². The largest absolute Gasteiger partial charge is 0.497 e. The first-order valence-corrected chi connectivity index (χ1v) is 9.09. The molecule has 0 unspecified atom stereocenters. The van der Waals surface area contributed by atoms with Crippen LogP contribution in [0.4, 0.5) is 4.79 Å². The van der Waals surface area contributed by atoms with E-state index in [-0.39, 0.29) is 5.91 Å². The van der Waals surface area contributed by atoms with Crippen molar-refractivity contribution in [1.82, 2.24) is 9.80 Å². The first kappa shape index (κ1) is 20.1. The average molecular weight is 362 g/mol. The molecule has 0 radical (unpaired) electrons. The average Bonchev–Trinajstić information content (AvgIpc) is 2.60. The molecule has 0 saturated carbocycles. The first-order valence-electron chi connectivity index (χ1n) is 9.09. The number of piperidine rings is 1. The van der Waals surface area contributed by atoms with Crippen LogP contribution >= 0.6 is 0 Å². The van der Waals surface area contributed by atoms with Crippen molar-refractivity contribution in [2.45, 2.75) is 58.2 Å². The highest BCUT2D eigenvalue weighted by atomic mass is 16.6. The van der Waals surface area contributed by atoms with Crippen molar-refractivity contribution in [3.8, 4) is 5.75 Å². The molecule has 2 rings (SSSR count). The smallest absolute Gasteiger partial charge is 0.410 e. The maximum absolute atomic E-state index is 13.0. The van der Waals surface area contributed by atoms with Gasteiger partial charge in [-0.05, 0) is 57.7 Å².